The lowest BCUT2D eigenvalue weighted by Crippen LogP contribution is -2.31. The Morgan fingerprint density at radius 1 is 1.53 bits per heavy atom. The van der Waals surface area contributed by atoms with E-state index in [-0.39, 0.29) is 5.82 Å². The first-order chi connectivity index (χ1) is 8.97. The second kappa shape index (κ2) is 5.17. The lowest BCUT2D eigenvalue weighted by Gasteiger charge is -2.22. The van der Waals surface area contributed by atoms with Gasteiger partial charge < -0.3 is 14.7 Å². The molecule has 0 aliphatic heterocycles. The van der Waals surface area contributed by atoms with Gasteiger partial charge in [0.25, 0.3) is 0 Å². The number of halogens is 1. The summed E-state index contributed by atoms with van der Waals surface area (Å²) in [6, 6.07) is 4.36. The van der Waals surface area contributed by atoms with Crippen molar-refractivity contribution in [2.24, 2.45) is 5.41 Å². The van der Waals surface area contributed by atoms with Gasteiger partial charge in [-0.05, 0) is 38.1 Å². The van der Waals surface area contributed by atoms with Crippen LogP contribution in [0.25, 0.3) is 0 Å². The summed E-state index contributed by atoms with van der Waals surface area (Å²) in [5.74, 6) is -0.442. The normalized spacial score (nSPS) is 16.4. The molecule has 1 aromatic rings. The molecule has 19 heavy (non-hydrogen) atoms. The molecule has 1 N–H and O–H groups in total. The minimum atomic E-state index is -0.745. The van der Waals surface area contributed by atoms with E-state index in [1.165, 1.54) is 19.2 Å². The average molecular weight is 267 g/mol. The minimum Gasteiger partial charge on any atom is -0.496 e. The van der Waals surface area contributed by atoms with Crippen molar-refractivity contribution in [3.63, 3.8) is 0 Å². The second-order valence-corrected chi connectivity index (χ2v) is 5.21. The molecule has 0 saturated heterocycles. The van der Waals surface area contributed by atoms with Gasteiger partial charge in [0.2, 0.25) is 0 Å². The molecular formula is C14H18FNO3. The Kier molecular flexibility index (Phi) is 3.75. The monoisotopic (exact) mass is 267 g/mol. The van der Waals surface area contributed by atoms with Gasteiger partial charge in [-0.15, -0.1) is 0 Å². The quantitative estimate of drug-likeness (QED) is 0.858. The lowest BCUT2D eigenvalue weighted by molar-refractivity contribution is -0.144. The Bertz CT molecular complexity index is 486. The molecule has 104 valence electrons. The number of hydrogen-bond donors (Lipinski definition) is 1. The first kappa shape index (κ1) is 13.8. The molecule has 2 rings (SSSR count). The van der Waals surface area contributed by atoms with Crippen LogP contribution in [0.5, 0.6) is 5.75 Å². The molecule has 0 radical (unpaired) electrons. The van der Waals surface area contributed by atoms with Crippen molar-refractivity contribution >= 4 is 5.97 Å². The highest BCUT2D eigenvalue weighted by Crippen LogP contribution is 2.46. The maximum Gasteiger partial charge on any atom is 0.310 e. The number of hydrogen-bond acceptors (Lipinski definition) is 3. The maximum atomic E-state index is 13.2. The highest BCUT2D eigenvalue weighted by Gasteiger charge is 2.50. The molecule has 0 atom stereocenters. The summed E-state index contributed by atoms with van der Waals surface area (Å²) < 4.78 is 18.4. The number of carboxylic acid groups (broad SMARTS) is 1. The molecule has 4 nitrogen and oxygen atoms in total. The number of methoxy groups -OCH3 is 1. The molecule has 5 heteroatoms. The molecular weight excluding hydrogens is 249 g/mol. The molecule has 1 aromatic carbocycles. The van der Waals surface area contributed by atoms with Crippen LogP contribution < -0.4 is 4.74 Å². The largest absolute Gasteiger partial charge is 0.496 e. The summed E-state index contributed by atoms with van der Waals surface area (Å²) in [4.78, 5) is 13.0. The van der Waals surface area contributed by atoms with Crippen LogP contribution in [0.4, 0.5) is 4.39 Å². The van der Waals surface area contributed by atoms with Crippen LogP contribution in [0, 0.1) is 11.2 Å². The van der Waals surface area contributed by atoms with Crippen LogP contribution in [0.15, 0.2) is 18.2 Å². The Morgan fingerprint density at radius 2 is 2.21 bits per heavy atom. The Hall–Kier alpha value is -1.62. The van der Waals surface area contributed by atoms with E-state index < -0.39 is 11.4 Å². The number of carbonyl (C=O) groups is 1. The highest BCUT2D eigenvalue weighted by molar-refractivity contribution is 5.78. The molecule has 0 spiro atoms. The van der Waals surface area contributed by atoms with Crippen LogP contribution in [-0.2, 0) is 11.3 Å². The van der Waals surface area contributed by atoms with Crippen molar-refractivity contribution in [3.05, 3.63) is 29.6 Å². The summed E-state index contributed by atoms with van der Waals surface area (Å²) >= 11 is 0. The van der Waals surface area contributed by atoms with E-state index in [0.717, 1.165) is 5.56 Å². The fraction of sp³-hybridized carbons (Fsp3) is 0.500. The minimum absolute atomic E-state index is 0.316. The standard InChI is InChI=1S/C14H18FNO3/c1-16(9-14(5-6-14)13(17)18)8-10-7-11(15)3-4-12(10)19-2/h3-4,7H,5-6,8-9H2,1-2H3,(H,17,18). The Morgan fingerprint density at radius 3 is 2.74 bits per heavy atom. The van der Waals surface area contributed by atoms with E-state index >= 15 is 0 Å². The Balaban J connectivity index is 2.05. The molecule has 1 saturated carbocycles. The van der Waals surface area contributed by atoms with Gasteiger partial charge in [-0.3, -0.25) is 4.79 Å². The molecule has 0 unspecified atom stereocenters. The smallest absolute Gasteiger partial charge is 0.310 e. The zero-order valence-electron chi connectivity index (χ0n) is 11.1. The fourth-order valence-corrected chi connectivity index (χ4v) is 2.32. The van der Waals surface area contributed by atoms with Crippen LogP contribution in [0.2, 0.25) is 0 Å². The van der Waals surface area contributed by atoms with E-state index in [0.29, 0.717) is 31.7 Å². The maximum absolute atomic E-state index is 13.2. The van der Waals surface area contributed by atoms with Crippen molar-refractivity contribution in [1.29, 1.82) is 0 Å². The van der Waals surface area contributed by atoms with Gasteiger partial charge in [0, 0.05) is 18.7 Å². The van der Waals surface area contributed by atoms with Gasteiger partial charge in [0.15, 0.2) is 0 Å². The van der Waals surface area contributed by atoms with Gasteiger partial charge in [0.05, 0.1) is 12.5 Å². The predicted octanol–water partition coefficient (Wildman–Crippen LogP) is 2.13. The van der Waals surface area contributed by atoms with Gasteiger partial charge in [-0.2, -0.15) is 0 Å². The van der Waals surface area contributed by atoms with Crippen molar-refractivity contribution in [3.8, 4) is 5.75 Å². The number of nitrogens with zero attached hydrogens (tertiary/aromatic N) is 1. The molecule has 1 aliphatic carbocycles. The zero-order valence-corrected chi connectivity index (χ0v) is 11.1. The van der Waals surface area contributed by atoms with Gasteiger partial charge in [0.1, 0.15) is 11.6 Å². The first-order valence-corrected chi connectivity index (χ1v) is 6.21. The molecule has 0 heterocycles. The van der Waals surface area contributed by atoms with Gasteiger partial charge >= 0.3 is 5.97 Å². The third-order valence-electron chi connectivity index (χ3n) is 3.56. The van der Waals surface area contributed by atoms with Gasteiger partial charge in [-0.1, -0.05) is 0 Å². The summed E-state index contributed by atoms with van der Waals surface area (Å²) in [6.45, 7) is 0.942. The van der Waals surface area contributed by atoms with E-state index in [4.69, 9.17) is 9.84 Å². The molecule has 1 fully saturated rings. The number of benzene rings is 1. The third kappa shape index (κ3) is 3.04. The van der Waals surface area contributed by atoms with E-state index in [1.807, 2.05) is 11.9 Å². The summed E-state index contributed by atoms with van der Waals surface area (Å²) in [6.07, 6.45) is 1.43. The highest BCUT2D eigenvalue weighted by atomic mass is 19.1. The van der Waals surface area contributed by atoms with Crippen LogP contribution in [0.3, 0.4) is 0 Å². The molecule has 0 amide bonds. The van der Waals surface area contributed by atoms with E-state index in [1.54, 1.807) is 6.07 Å². The van der Waals surface area contributed by atoms with Crippen molar-refractivity contribution in [2.75, 3.05) is 20.7 Å². The summed E-state index contributed by atoms with van der Waals surface area (Å²) in [5, 5.41) is 9.15. The third-order valence-corrected chi connectivity index (χ3v) is 3.56. The van der Waals surface area contributed by atoms with Crippen LogP contribution >= 0.6 is 0 Å². The summed E-state index contributed by atoms with van der Waals surface area (Å²) in [7, 11) is 3.38. The van der Waals surface area contributed by atoms with E-state index in [9.17, 15) is 9.18 Å². The van der Waals surface area contributed by atoms with Crippen LogP contribution in [-0.4, -0.2) is 36.7 Å². The van der Waals surface area contributed by atoms with Crippen molar-refractivity contribution < 1.29 is 19.0 Å². The zero-order chi connectivity index (χ0) is 14.0. The number of carboxylic acids is 1. The summed E-state index contributed by atoms with van der Waals surface area (Å²) in [5.41, 5.74) is 0.126. The van der Waals surface area contributed by atoms with Gasteiger partial charge in [-0.25, -0.2) is 4.39 Å². The fourth-order valence-electron chi connectivity index (χ4n) is 2.32. The van der Waals surface area contributed by atoms with Crippen LogP contribution in [0.1, 0.15) is 18.4 Å². The average Bonchev–Trinajstić information content (AvgIpc) is 3.10. The predicted molar refractivity (Wildman–Crippen MR) is 68.6 cm³/mol. The lowest BCUT2D eigenvalue weighted by atomic mass is 10.1. The van der Waals surface area contributed by atoms with Crippen molar-refractivity contribution in [2.45, 2.75) is 19.4 Å². The number of rotatable bonds is 6. The van der Waals surface area contributed by atoms with E-state index in [2.05, 4.69) is 0 Å². The molecule has 0 aromatic heterocycles. The SMILES string of the molecule is COc1ccc(F)cc1CN(C)CC1(C(=O)O)CC1. The number of ether oxygens (including phenoxy) is 1. The first-order valence-electron chi connectivity index (χ1n) is 6.21. The molecule has 0 bridgehead atoms. The molecule has 1 aliphatic rings. The number of aliphatic carboxylic acids is 1. The Labute approximate surface area is 111 Å². The second-order valence-electron chi connectivity index (χ2n) is 5.21. The van der Waals surface area contributed by atoms with Crippen molar-refractivity contribution in [1.82, 2.24) is 4.90 Å². The topological polar surface area (TPSA) is 49.8 Å².